The van der Waals surface area contributed by atoms with Crippen molar-refractivity contribution >= 4 is 17.1 Å². The van der Waals surface area contributed by atoms with E-state index in [1.165, 1.54) is 4.68 Å². The average Bonchev–Trinajstić information content (AvgIpc) is 3.09. The summed E-state index contributed by atoms with van der Waals surface area (Å²) in [6.45, 7) is 1.89. The van der Waals surface area contributed by atoms with Gasteiger partial charge in [0, 0.05) is 5.56 Å². The highest BCUT2D eigenvalue weighted by atomic mass is 16.7. The predicted octanol–water partition coefficient (Wildman–Crippen LogP) is 2.32. The summed E-state index contributed by atoms with van der Waals surface area (Å²) in [5.74, 6) is 2.21. The van der Waals surface area contributed by atoms with E-state index in [0.717, 1.165) is 5.56 Å². The van der Waals surface area contributed by atoms with Crippen molar-refractivity contribution in [3.8, 4) is 17.2 Å². The van der Waals surface area contributed by atoms with Crippen LogP contribution in [0.25, 0.3) is 10.9 Å². The molecule has 0 radical (unpaired) electrons. The third kappa shape index (κ3) is 2.59. The maximum Gasteiger partial charge on any atom is 0.282 e. The molecule has 0 atom stereocenters. The number of aromatic nitrogens is 2. The quantitative estimate of drug-likeness (QED) is 0.686. The van der Waals surface area contributed by atoms with Crippen molar-refractivity contribution in [1.29, 1.82) is 0 Å². The van der Waals surface area contributed by atoms with Gasteiger partial charge < -0.3 is 14.2 Å². The number of rotatable bonds is 3. The van der Waals surface area contributed by atoms with Crippen molar-refractivity contribution in [1.82, 2.24) is 9.66 Å². The maximum atomic E-state index is 12.6. The fourth-order valence-electron chi connectivity index (χ4n) is 2.72. The molecule has 0 saturated heterocycles. The van der Waals surface area contributed by atoms with E-state index in [2.05, 4.69) is 10.1 Å². The minimum atomic E-state index is -0.216. The van der Waals surface area contributed by atoms with E-state index < -0.39 is 0 Å². The SMILES string of the molecule is COc1cc(C=Nn2c(C)nc3ccccc3c2=O)cc2c1OCO2. The first-order valence-corrected chi connectivity index (χ1v) is 7.68. The number of ether oxygens (including phenoxy) is 3. The average molecular weight is 337 g/mol. The fourth-order valence-corrected chi connectivity index (χ4v) is 2.72. The van der Waals surface area contributed by atoms with Crippen LogP contribution in [0.4, 0.5) is 0 Å². The van der Waals surface area contributed by atoms with E-state index in [1.807, 2.05) is 6.07 Å². The zero-order chi connectivity index (χ0) is 17.4. The minimum Gasteiger partial charge on any atom is -0.493 e. The minimum absolute atomic E-state index is 0.152. The van der Waals surface area contributed by atoms with Crippen LogP contribution in [0.5, 0.6) is 17.2 Å². The van der Waals surface area contributed by atoms with Gasteiger partial charge >= 0.3 is 0 Å². The number of para-hydroxylation sites is 1. The molecule has 0 N–H and O–H groups in total. The first kappa shape index (κ1) is 15.2. The van der Waals surface area contributed by atoms with Crippen LogP contribution < -0.4 is 19.8 Å². The largest absolute Gasteiger partial charge is 0.493 e. The third-order valence-electron chi connectivity index (χ3n) is 3.92. The smallest absolute Gasteiger partial charge is 0.282 e. The van der Waals surface area contributed by atoms with Crippen LogP contribution in [0.1, 0.15) is 11.4 Å². The first-order chi connectivity index (χ1) is 12.2. The molecule has 0 bridgehead atoms. The van der Waals surface area contributed by atoms with Crippen LogP contribution in [0.2, 0.25) is 0 Å². The lowest BCUT2D eigenvalue weighted by molar-refractivity contribution is 0.171. The highest BCUT2D eigenvalue weighted by Gasteiger charge is 2.19. The molecule has 3 aromatic rings. The summed E-state index contributed by atoms with van der Waals surface area (Å²) >= 11 is 0. The summed E-state index contributed by atoms with van der Waals surface area (Å²) in [6, 6.07) is 10.7. The third-order valence-corrected chi connectivity index (χ3v) is 3.92. The number of methoxy groups -OCH3 is 1. The van der Waals surface area contributed by atoms with Crippen molar-refractivity contribution in [3.63, 3.8) is 0 Å². The molecule has 0 aliphatic carbocycles. The molecule has 0 unspecified atom stereocenters. The predicted molar refractivity (Wildman–Crippen MR) is 92.8 cm³/mol. The number of aryl methyl sites for hydroxylation is 1. The van der Waals surface area contributed by atoms with Gasteiger partial charge in [0.2, 0.25) is 12.5 Å². The van der Waals surface area contributed by atoms with Crippen molar-refractivity contribution in [2.45, 2.75) is 6.92 Å². The molecule has 7 nitrogen and oxygen atoms in total. The number of fused-ring (bicyclic) bond motifs is 2. The van der Waals surface area contributed by atoms with Crippen molar-refractivity contribution in [3.05, 3.63) is 58.1 Å². The van der Waals surface area contributed by atoms with Gasteiger partial charge in [-0.1, -0.05) is 12.1 Å². The Morgan fingerprint density at radius 3 is 2.96 bits per heavy atom. The summed E-state index contributed by atoms with van der Waals surface area (Å²) < 4.78 is 17.3. The topological polar surface area (TPSA) is 74.9 Å². The number of benzene rings is 2. The molecule has 2 aromatic carbocycles. The van der Waals surface area contributed by atoms with Crippen LogP contribution >= 0.6 is 0 Å². The lowest BCUT2D eigenvalue weighted by atomic mass is 10.2. The normalized spacial score (nSPS) is 12.9. The van der Waals surface area contributed by atoms with E-state index in [4.69, 9.17) is 14.2 Å². The van der Waals surface area contributed by atoms with E-state index in [9.17, 15) is 4.79 Å². The van der Waals surface area contributed by atoms with E-state index in [0.29, 0.717) is 34.0 Å². The number of hydrogen-bond donors (Lipinski definition) is 0. The molecule has 0 amide bonds. The van der Waals surface area contributed by atoms with Crippen LogP contribution in [-0.4, -0.2) is 29.8 Å². The summed E-state index contributed by atoms with van der Waals surface area (Å²) in [7, 11) is 1.56. The molecular weight excluding hydrogens is 322 g/mol. The van der Waals surface area contributed by atoms with Gasteiger partial charge in [-0.15, -0.1) is 0 Å². The second-order valence-electron chi connectivity index (χ2n) is 5.49. The highest BCUT2D eigenvalue weighted by molar-refractivity contribution is 5.83. The molecule has 4 rings (SSSR count). The lowest BCUT2D eigenvalue weighted by Crippen LogP contribution is -2.20. The Balaban J connectivity index is 1.78. The number of nitrogens with zero attached hydrogens (tertiary/aromatic N) is 3. The molecule has 1 aromatic heterocycles. The van der Waals surface area contributed by atoms with Gasteiger partial charge in [0.05, 0.1) is 24.2 Å². The van der Waals surface area contributed by atoms with Crippen LogP contribution in [0, 0.1) is 6.92 Å². The van der Waals surface area contributed by atoms with Gasteiger partial charge in [-0.05, 0) is 31.2 Å². The zero-order valence-corrected chi connectivity index (χ0v) is 13.7. The van der Waals surface area contributed by atoms with Gasteiger partial charge in [-0.25, -0.2) is 4.98 Å². The van der Waals surface area contributed by atoms with Gasteiger partial charge in [0.25, 0.3) is 5.56 Å². The van der Waals surface area contributed by atoms with Gasteiger partial charge in [-0.2, -0.15) is 9.78 Å². The molecule has 0 spiro atoms. The molecule has 0 fully saturated rings. The zero-order valence-electron chi connectivity index (χ0n) is 13.7. The lowest BCUT2D eigenvalue weighted by Gasteiger charge is -2.07. The summed E-state index contributed by atoms with van der Waals surface area (Å²) in [5.41, 5.74) is 1.16. The molecule has 0 saturated carbocycles. The van der Waals surface area contributed by atoms with E-state index in [-0.39, 0.29) is 12.4 Å². The summed E-state index contributed by atoms with van der Waals surface area (Å²) in [5, 5.41) is 4.81. The number of hydrogen-bond acceptors (Lipinski definition) is 6. The Kier molecular flexibility index (Phi) is 3.61. The van der Waals surface area contributed by atoms with E-state index >= 15 is 0 Å². The van der Waals surface area contributed by atoms with Crippen LogP contribution in [-0.2, 0) is 0 Å². The van der Waals surface area contributed by atoms with Gasteiger partial charge in [0.15, 0.2) is 11.5 Å². The van der Waals surface area contributed by atoms with Crippen molar-refractivity contribution in [2.75, 3.05) is 13.9 Å². The highest BCUT2D eigenvalue weighted by Crippen LogP contribution is 2.41. The molecule has 7 heteroatoms. The van der Waals surface area contributed by atoms with Gasteiger partial charge in [-0.3, -0.25) is 4.79 Å². The Morgan fingerprint density at radius 1 is 1.28 bits per heavy atom. The molecular formula is C18H15N3O4. The molecule has 126 valence electrons. The second-order valence-corrected chi connectivity index (χ2v) is 5.49. The van der Waals surface area contributed by atoms with Crippen molar-refractivity contribution < 1.29 is 14.2 Å². The molecule has 25 heavy (non-hydrogen) atoms. The summed E-state index contributed by atoms with van der Waals surface area (Å²) in [6.07, 6.45) is 1.56. The fraction of sp³-hybridized carbons (Fsp3) is 0.167. The standard InChI is InChI=1S/C18H15N3O4/c1-11-20-14-6-4-3-5-13(14)18(22)21(11)19-9-12-7-15(23-2)17-16(8-12)24-10-25-17/h3-9H,10H2,1-2H3. The Labute approximate surface area is 143 Å². The Morgan fingerprint density at radius 2 is 2.12 bits per heavy atom. The van der Waals surface area contributed by atoms with Crippen molar-refractivity contribution in [2.24, 2.45) is 5.10 Å². The van der Waals surface area contributed by atoms with Gasteiger partial charge in [0.1, 0.15) is 5.82 Å². The van der Waals surface area contributed by atoms with Crippen LogP contribution in [0.3, 0.4) is 0 Å². The summed E-state index contributed by atoms with van der Waals surface area (Å²) in [4.78, 5) is 17.0. The monoisotopic (exact) mass is 337 g/mol. The Bertz CT molecular complexity index is 1060. The van der Waals surface area contributed by atoms with Crippen LogP contribution in [0.15, 0.2) is 46.3 Å². The first-order valence-electron chi connectivity index (χ1n) is 7.68. The molecule has 1 aliphatic rings. The maximum absolute atomic E-state index is 12.6. The second kappa shape index (κ2) is 5.94. The molecule has 2 heterocycles. The van der Waals surface area contributed by atoms with E-state index in [1.54, 1.807) is 50.6 Å². The molecule has 1 aliphatic heterocycles. The Hall–Kier alpha value is -3.35.